The van der Waals surface area contributed by atoms with Crippen molar-refractivity contribution in [1.82, 2.24) is 10.2 Å². The molecule has 0 radical (unpaired) electrons. The van der Waals surface area contributed by atoms with E-state index < -0.39 is 15.9 Å². The Morgan fingerprint density at radius 3 is 2.38 bits per heavy atom. The van der Waals surface area contributed by atoms with E-state index in [2.05, 4.69) is 10.2 Å². The Balaban J connectivity index is 1.97. The lowest BCUT2D eigenvalue weighted by Gasteiger charge is -2.15. The molecule has 0 aliphatic heterocycles. The Morgan fingerprint density at radius 2 is 1.72 bits per heavy atom. The molecule has 0 aliphatic rings. The minimum atomic E-state index is -4.44. The van der Waals surface area contributed by atoms with E-state index in [1.165, 1.54) is 44.6 Å². The third kappa shape index (κ3) is 3.97. The first-order chi connectivity index (χ1) is 15.2. The monoisotopic (exact) mass is 474 g/mol. The Morgan fingerprint density at radius 1 is 0.938 bits per heavy atom. The number of hydrogen-bond acceptors (Lipinski definition) is 6. The van der Waals surface area contributed by atoms with Crippen molar-refractivity contribution in [3.63, 3.8) is 0 Å². The number of hydrogen-bond donors (Lipinski definition) is 1. The van der Waals surface area contributed by atoms with Crippen LogP contribution < -0.4 is 9.47 Å². The van der Waals surface area contributed by atoms with Gasteiger partial charge in [0.25, 0.3) is 10.1 Å². The van der Waals surface area contributed by atoms with Crippen molar-refractivity contribution in [2.24, 2.45) is 0 Å². The van der Waals surface area contributed by atoms with E-state index in [0.717, 1.165) is 0 Å². The zero-order chi connectivity index (χ0) is 23.0. The second kappa shape index (κ2) is 8.34. The van der Waals surface area contributed by atoms with Crippen LogP contribution in [0.4, 0.5) is 4.39 Å². The summed E-state index contributed by atoms with van der Waals surface area (Å²) >= 11 is 6.53. The fourth-order valence-electron chi connectivity index (χ4n) is 3.40. The summed E-state index contributed by atoms with van der Waals surface area (Å²) in [7, 11) is -1.60. The van der Waals surface area contributed by atoms with E-state index in [0.29, 0.717) is 43.9 Å². The number of methoxy groups -OCH3 is 2. The van der Waals surface area contributed by atoms with Gasteiger partial charge in [-0.05, 0) is 42.0 Å². The van der Waals surface area contributed by atoms with E-state index in [1.807, 2.05) is 0 Å². The average Bonchev–Trinajstić information content (AvgIpc) is 2.77. The number of fused-ring (bicyclic) bond motifs is 1. The first-order valence-electron chi connectivity index (χ1n) is 9.18. The Kier molecular flexibility index (Phi) is 5.72. The van der Waals surface area contributed by atoms with Gasteiger partial charge in [0, 0.05) is 26.9 Å². The molecule has 7 nitrogen and oxygen atoms in total. The number of halogens is 2. The molecule has 0 amide bonds. The summed E-state index contributed by atoms with van der Waals surface area (Å²) < 4.78 is 57.0. The topological polar surface area (TPSA) is 98.6 Å². The van der Waals surface area contributed by atoms with E-state index >= 15 is 0 Å². The van der Waals surface area contributed by atoms with E-state index in [9.17, 15) is 17.4 Å². The lowest BCUT2D eigenvalue weighted by molar-refractivity contribution is 0.397. The summed E-state index contributed by atoms with van der Waals surface area (Å²) in [6.45, 7) is 0. The maximum absolute atomic E-state index is 13.7. The zero-order valence-corrected chi connectivity index (χ0v) is 18.4. The molecule has 1 aromatic heterocycles. The Hall–Kier alpha value is -3.27. The maximum Gasteiger partial charge on any atom is 0.294 e. The summed E-state index contributed by atoms with van der Waals surface area (Å²) in [5.41, 5.74) is 1.97. The van der Waals surface area contributed by atoms with Gasteiger partial charge in [0.1, 0.15) is 17.3 Å². The van der Waals surface area contributed by atoms with Crippen molar-refractivity contribution in [3.05, 3.63) is 65.4 Å². The standard InChI is InChI=1S/C22H16ClFN2O5S/c1-30-20-11-16(12-4-3-5-13(24)8-12)19(23)10-18(20)21-15-7-6-14(32(27,28)29)9-17(15)22(31-2)26-25-21/h3-11H,1-2H3,(H,27,28,29). The van der Waals surface area contributed by atoms with Crippen molar-refractivity contribution in [2.45, 2.75) is 4.90 Å². The molecule has 0 saturated heterocycles. The van der Waals surface area contributed by atoms with Crippen LogP contribution in [-0.2, 0) is 10.1 Å². The highest BCUT2D eigenvalue weighted by molar-refractivity contribution is 7.85. The van der Waals surface area contributed by atoms with Crippen LogP contribution in [0.5, 0.6) is 11.6 Å². The highest BCUT2D eigenvalue weighted by Crippen LogP contribution is 2.41. The molecule has 0 bridgehead atoms. The van der Waals surface area contributed by atoms with Crippen LogP contribution in [0.1, 0.15) is 0 Å². The molecule has 10 heteroatoms. The van der Waals surface area contributed by atoms with Crippen LogP contribution in [-0.4, -0.2) is 37.4 Å². The van der Waals surface area contributed by atoms with Crippen LogP contribution in [0, 0.1) is 5.82 Å². The highest BCUT2D eigenvalue weighted by atomic mass is 35.5. The van der Waals surface area contributed by atoms with Gasteiger partial charge in [-0.3, -0.25) is 4.55 Å². The smallest absolute Gasteiger partial charge is 0.294 e. The molecule has 1 heterocycles. The number of aromatic nitrogens is 2. The predicted octanol–water partition coefficient (Wildman–Crippen LogP) is 5.02. The fraction of sp³-hybridized carbons (Fsp3) is 0.0909. The first-order valence-corrected chi connectivity index (χ1v) is 11.0. The fourth-order valence-corrected chi connectivity index (χ4v) is 4.18. The van der Waals surface area contributed by atoms with Gasteiger partial charge in [0.2, 0.25) is 5.88 Å². The first kappa shape index (κ1) is 21.9. The van der Waals surface area contributed by atoms with Crippen LogP contribution in [0.25, 0.3) is 33.2 Å². The summed E-state index contributed by atoms with van der Waals surface area (Å²) in [4.78, 5) is -0.311. The number of ether oxygens (including phenoxy) is 2. The number of benzene rings is 3. The molecule has 1 N–H and O–H groups in total. The molecule has 3 aromatic carbocycles. The zero-order valence-electron chi connectivity index (χ0n) is 16.8. The maximum atomic E-state index is 13.7. The number of rotatable bonds is 5. The third-order valence-electron chi connectivity index (χ3n) is 4.89. The van der Waals surface area contributed by atoms with Gasteiger partial charge < -0.3 is 9.47 Å². The van der Waals surface area contributed by atoms with Crippen LogP contribution in [0.15, 0.2) is 59.5 Å². The quantitative estimate of drug-likeness (QED) is 0.405. The van der Waals surface area contributed by atoms with Crippen molar-refractivity contribution < 1.29 is 26.8 Å². The number of nitrogens with zero attached hydrogens (tertiary/aromatic N) is 2. The van der Waals surface area contributed by atoms with Crippen LogP contribution >= 0.6 is 11.6 Å². The molecule has 0 fully saturated rings. The lowest BCUT2D eigenvalue weighted by Crippen LogP contribution is -2.01. The van der Waals surface area contributed by atoms with Crippen molar-refractivity contribution in [1.29, 1.82) is 0 Å². The molecule has 4 aromatic rings. The molecule has 0 saturated carbocycles. The molecule has 0 unspecified atom stereocenters. The lowest BCUT2D eigenvalue weighted by atomic mass is 9.99. The van der Waals surface area contributed by atoms with Gasteiger partial charge in [0.15, 0.2) is 0 Å². The summed E-state index contributed by atoms with van der Waals surface area (Å²) in [5, 5.41) is 9.39. The second-order valence-corrected chi connectivity index (χ2v) is 8.61. The minimum absolute atomic E-state index is 0.0793. The van der Waals surface area contributed by atoms with Gasteiger partial charge >= 0.3 is 0 Å². The second-order valence-electron chi connectivity index (χ2n) is 6.78. The van der Waals surface area contributed by atoms with Crippen LogP contribution in [0.2, 0.25) is 5.02 Å². The molecular weight excluding hydrogens is 459 g/mol. The summed E-state index contributed by atoms with van der Waals surface area (Å²) in [6, 6.07) is 13.3. The molecule has 32 heavy (non-hydrogen) atoms. The van der Waals surface area contributed by atoms with Gasteiger partial charge in [-0.1, -0.05) is 29.8 Å². The minimum Gasteiger partial charge on any atom is -0.496 e. The van der Waals surface area contributed by atoms with Crippen molar-refractivity contribution in [2.75, 3.05) is 14.2 Å². The molecule has 164 valence electrons. The largest absolute Gasteiger partial charge is 0.496 e. The van der Waals surface area contributed by atoms with Gasteiger partial charge in [-0.15, -0.1) is 10.2 Å². The van der Waals surface area contributed by atoms with Gasteiger partial charge in [-0.25, -0.2) is 4.39 Å². The van der Waals surface area contributed by atoms with E-state index in [-0.39, 0.29) is 10.8 Å². The summed E-state index contributed by atoms with van der Waals surface area (Å²) in [6.07, 6.45) is 0. The molecule has 0 spiro atoms. The molecule has 4 rings (SSSR count). The van der Waals surface area contributed by atoms with Crippen molar-refractivity contribution in [3.8, 4) is 34.0 Å². The normalized spacial score (nSPS) is 11.5. The predicted molar refractivity (Wildman–Crippen MR) is 118 cm³/mol. The van der Waals surface area contributed by atoms with E-state index in [4.69, 9.17) is 21.1 Å². The average molecular weight is 475 g/mol. The summed E-state index contributed by atoms with van der Waals surface area (Å²) in [5.74, 6) is 0.0762. The van der Waals surface area contributed by atoms with Crippen molar-refractivity contribution >= 4 is 32.5 Å². The molecular formula is C22H16ClFN2O5S. The third-order valence-corrected chi connectivity index (χ3v) is 6.05. The molecule has 0 aliphatic carbocycles. The van der Waals surface area contributed by atoms with E-state index in [1.54, 1.807) is 24.3 Å². The molecule has 0 atom stereocenters. The SMILES string of the molecule is COc1cc(-c2cccc(F)c2)c(Cl)cc1-c1nnc(OC)c2cc(S(=O)(=O)O)ccc12. The Bertz CT molecular complexity index is 1460. The van der Waals surface area contributed by atoms with Crippen LogP contribution in [0.3, 0.4) is 0 Å². The Labute approximate surface area is 188 Å². The highest BCUT2D eigenvalue weighted by Gasteiger charge is 2.20. The van der Waals surface area contributed by atoms with Gasteiger partial charge in [-0.2, -0.15) is 8.42 Å². The van der Waals surface area contributed by atoms with Gasteiger partial charge in [0.05, 0.1) is 19.1 Å².